The fraction of sp³-hybridized carbons (Fsp3) is 0.909. The molecule has 3 nitrogen and oxygen atoms in total. The van der Waals surface area contributed by atoms with Crippen molar-refractivity contribution in [3.05, 3.63) is 0 Å². The molecule has 0 heterocycles. The van der Waals surface area contributed by atoms with E-state index in [1.54, 1.807) is 0 Å². The van der Waals surface area contributed by atoms with Gasteiger partial charge >= 0.3 is 0 Å². The average molecular weight is 198 g/mol. The monoisotopic (exact) mass is 198 g/mol. The van der Waals surface area contributed by atoms with Crippen molar-refractivity contribution in [2.24, 2.45) is 22.5 Å². The first kappa shape index (κ1) is 11.5. The molecule has 1 saturated carbocycles. The van der Waals surface area contributed by atoms with Gasteiger partial charge in [0.25, 0.3) is 0 Å². The van der Waals surface area contributed by atoms with Crippen molar-refractivity contribution in [1.29, 1.82) is 0 Å². The highest BCUT2D eigenvalue weighted by molar-refractivity contribution is 5.79. The molecule has 0 aliphatic heterocycles. The number of nitrogens with one attached hydrogen (secondary N) is 1. The Balaban J connectivity index is 2.53. The lowest BCUT2D eigenvalue weighted by molar-refractivity contribution is -0.124. The summed E-state index contributed by atoms with van der Waals surface area (Å²) in [5.41, 5.74) is 5.85. The SMILES string of the molecule is CC(CN)C(=O)NC1C(C)(C)C1(C)C. The predicted molar refractivity (Wildman–Crippen MR) is 57.7 cm³/mol. The Bertz CT molecular complexity index is 232. The first-order chi connectivity index (χ1) is 6.25. The van der Waals surface area contributed by atoms with E-state index in [9.17, 15) is 4.79 Å². The van der Waals surface area contributed by atoms with Crippen LogP contribution >= 0.6 is 0 Å². The van der Waals surface area contributed by atoms with Crippen LogP contribution in [-0.2, 0) is 4.79 Å². The van der Waals surface area contributed by atoms with Crippen LogP contribution in [0.15, 0.2) is 0 Å². The van der Waals surface area contributed by atoms with Crippen LogP contribution < -0.4 is 11.1 Å². The highest BCUT2D eigenvalue weighted by Crippen LogP contribution is 2.62. The standard InChI is InChI=1S/C11H22N2O/c1-7(6-12)8(14)13-9-10(2,3)11(9,4)5/h7,9H,6,12H2,1-5H3,(H,13,14). The van der Waals surface area contributed by atoms with Crippen molar-refractivity contribution < 1.29 is 4.79 Å². The highest BCUT2D eigenvalue weighted by Gasteiger charge is 2.65. The summed E-state index contributed by atoms with van der Waals surface area (Å²) in [6.45, 7) is 11.0. The van der Waals surface area contributed by atoms with E-state index in [0.29, 0.717) is 6.54 Å². The molecule has 0 spiro atoms. The van der Waals surface area contributed by atoms with Crippen LogP contribution in [0.4, 0.5) is 0 Å². The van der Waals surface area contributed by atoms with Gasteiger partial charge in [0.15, 0.2) is 0 Å². The second kappa shape index (κ2) is 3.23. The van der Waals surface area contributed by atoms with Gasteiger partial charge in [-0.1, -0.05) is 34.6 Å². The highest BCUT2D eigenvalue weighted by atomic mass is 16.2. The molecule has 1 atom stereocenters. The van der Waals surface area contributed by atoms with Gasteiger partial charge in [-0.2, -0.15) is 0 Å². The van der Waals surface area contributed by atoms with Gasteiger partial charge in [0.05, 0.1) is 0 Å². The Morgan fingerprint density at radius 2 is 1.79 bits per heavy atom. The molecule has 0 radical (unpaired) electrons. The molecule has 1 amide bonds. The van der Waals surface area contributed by atoms with E-state index in [1.165, 1.54) is 0 Å². The van der Waals surface area contributed by atoms with Crippen molar-refractivity contribution in [3.63, 3.8) is 0 Å². The number of nitrogens with two attached hydrogens (primary N) is 1. The topological polar surface area (TPSA) is 55.1 Å². The minimum Gasteiger partial charge on any atom is -0.352 e. The van der Waals surface area contributed by atoms with E-state index in [0.717, 1.165) is 0 Å². The van der Waals surface area contributed by atoms with E-state index < -0.39 is 0 Å². The molecule has 3 N–H and O–H groups in total. The Morgan fingerprint density at radius 1 is 1.36 bits per heavy atom. The van der Waals surface area contributed by atoms with Crippen LogP contribution in [0.25, 0.3) is 0 Å². The van der Waals surface area contributed by atoms with Crippen LogP contribution in [-0.4, -0.2) is 18.5 Å². The summed E-state index contributed by atoms with van der Waals surface area (Å²) in [5, 5.41) is 3.07. The van der Waals surface area contributed by atoms with E-state index in [2.05, 4.69) is 33.0 Å². The predicted octanol–water partition coefficient (Wildman–Crippen LogP) is 1.13. The minimum atomic E-state index is -0.0813. The summed E-state index contributed by atoms with van der Waals surface area (Å²) in [6, 6.07) is 0.288. The fourth-order valence-electron chi connectivity index (χ4n) is 1.95. The zero-order valence-corrected chi connectivity index (χ0v) is 9.85. The molecule has 1 unspecified atom stereocenters. The molecule has 0 saturated heterocycles. The van der Waals surface area contributed by atoms with Crippen molar-refractivity contribution in [2.45, 2.75) is 40.7 Å². The average Bonchev–Trinajstić information content (AvgIpc) is 2.46. The number of hydrogen-bond donors (Lipinski definition) is 2. The van der Waals surface area contributed by atoms with Gasteiger partial charge < -0.3 is 11.1 Å². The molecule has 3 heteroatoms. The third-order valence-corrected chi connectivity index (χ3v) is 4.11. The van der Waals surface area contributed by atoms with E-state index in [4.69, 9.17) is 5.73 Å². The molecule has 1 aliphatic rings. The molecule has 0 bridgehead atoms. The lowest BCUT2D eigenvalue weighted by atomic mass is 10.0. The number of carbonyl (C=O) groups excluding carboxylic acids is 1. The number of amides is 1. The quantitative estimate of drug-likeness (QED) is 0.714. The summed E-state index contributed by atoms with van der Waals surface area (Å²) in [6.07, 6.45) is 0. The summed E-state index contributed by atoms with van der Waals surface area (Å²) in [4.78, 5) is 11.6. The van der Waals surface area contributed by atoms with Crippen molar-refractivity contribution in [1.82, 2.24) is 5.32 Å². The number of hydrogen-bond acceptors (Lipinski definition) is 2. The number of rotatable bonds is 3. The summed E-state index contributed by atoms with van der Waals surface area (Å²) < 4.78 is 0. The van der Waals surface area contributed by atoms with Crippen molar-refractivity contribution >= 4 is 5.91 Å². The normalized spacial score (nSPS) is 25.6. The second-order valence-electron chi connectivity index (χ2n) is 5.52. The van der Waals surface area contributed by atoms with Crippen LogP contribution in [0.5, 0.6) is 0 Å². The zero-order chi connectivity index (χ0) is 11.1. The Morgan fingerprint density at radius 3 is 2.07 bits per heavy atom. The Kier molecular flexibility index (Phi) is 2.65. The molecule has 1 fully saturated rings. The maximum Gasteiger partial charge on any atom is 0.224 e. The van der Waals surface area contributed by atoms with Gasteiger partial charge in [-0.05, 0) is 10.8 Å². The van der Waals surface area contributed by atoms with Gasteiger partial charge in [-0.25, -0.2) is 0 Å². The lowest BCUT2D eigenvalue weighted by Gasteiger charge is -2.11. The first-order valence-corrected chi connectivity index (χ1v) is 5.25. The summed E-state index contributed by atoms with van der Waals surface area (Å²) in [7, 11) is 0. The Hall–Kier alpha value is -0.570. The third kappa shape index (κ3) is 1.54. The largest absolute Gasteiger partial charge is 0.352 e. The molecule has 0 aromatic rings. The second-order valence-corrected chi connectivity index (χ2v) is 5.52. The summed E-state index contributed by atoms with van der Waals surface area (Å²) in [5.74, 6) is -0.00153. The van der Waals surface area contributed by atoms with Crippen molar-refractivity contribution in [2.75, 3.05) is 6.54 Å². The van der Waals surface area contributed by atoms with Gasteiger partial charge in [0.1, 0.15) is 0 Å². The smallest absolute Gasteiger partial charge is 0.224 e. The zero-order valence-electron chi connectivity index (χ0n) is 9.85. The van der Waals surface area contributed by atoms with Crippen molar-refractivity contribution in [3.8, 4) is 0 Å². The summed E-state index contributed by atoms with van der Waals surface area (Å²) >= 11 is 0. The molecule has 1 aliphatic carbocycles. The lowest BCUT2D eigenvalue weighted by Crippen LogP contribution is -2.37. The molecule has 14 heavy (non-hydrogen) atoms. The van der Waals surface area contributed by atoms with Crippen LogP contribution in [0.3, 0.4) is 0 Å². The molecule has 1 rings (SSSR count). The van der Waals surface area contributed by atoms with Crippen LogP contribution in [0.1, 0.15) is 34.6 Å². The van der Waals surface area contributed by atoms with Gasteiger partial charge in [-0.3, -0.25) is 4.79 Å². The number of carbonyl (C=O) groups is 1. The van der Waals surface area contributed by atoms with E-state index in [1.807, 2.05) is 6.92 Å². The van der Waals surface area contributed by atoms with Gasteiger partial charge in [-0.15, -0.1) is 0 Å². The molecule has 82 valence electrons. The molecule has 0 aromatic carbocycles. The van der Waals surface area contributed by atoms with Crippen LogP contribution in [0.2, 0.25) is 0 Å². The maximum absolute atomic E-state index is 11.6. The molecular weight excluding hydrogens is 176 g/mol. The first-order valence-electron chi connectivity index (χ1n) is 5.25. The van der Waals surface area contributed by atoms with Gasteiger partial charge in [0.2, 0.25) is 5.91 Å². The fourth-order valence-corrected chi connectivity index (χ4v) is 1.95. The van der Waals surface area contributed by atoms with E-state index in [-0.39, 0.29) is 28.7 Å². The van der Waals surface area contributed by atoms with Gasteiger partial charge in [0, 0.05) is 18.5 Å². The third-order valence-electron chi connectivity index (χ3n) is 4.11. The van der Waals surface area contributed by atoms with E-state index >= 15 is 0 Å². The Labute approximate surface area is 86.4 Å². The molecule has 0 aromatic heterocycles. The van der Waals surface area contributed by atoms with Crippen LogP contribution in [0, 0.1) is 16.7 Å². The molecular formula is C11H22N2O. The minimum absolute atomic E-state index is 0.0798. The maximum atomic E-state index is 11.6.